The van der Waals surface area contributed by atoms with Crippen LogP contribution in [0, 0.1) is 5.82 Å². The van der Waals surface area contributed by atoms with E-state index in [9.17, 15) is 14.0 Å². The number of carbonyl (C=O) groups is 2. The number of carbonyl (C=O) groups excluding carboxylic acids is 2. The monoisotopic (exact) mass is 399 g/mol. The maximum absolute atomic E-state index is 13.7. The number of halogens is 1. The minimum atomic E-state index is -0.919. The molecule has 0 bridgehead atoms. The Bertz CT molecular complexity index is 881. The van der Waals surface area contributed by atoms with E-state index in [-0.39, 0.29) is 24.3 Å². The molecule has 0 spiro atoms. The van der Waals surface area contributed by atoms with Crippen molar-refractivity contribution >= 4 is 17.5 Å². The number of anilines is 1. The Hall–Kier alpha value is -2.77. The van der Waals surface area contributed by atoms with Crippen molar-refractivity contribution in [1.29, 1.82) is 0 Å². The standard InChI is InChI=1S/C22H26FN3O3/c1-15(25-21(28)22(24)9-11-29-12-10-22)16-6-4-7-18(13-16)26-20(27)14-17-5-2-3-8-19(17)23/h2-8,13,15H,9-12,14,24H2,1H3,(H,25,28)(H,26,27). The summed E-state index contributed by atoms with van der Waals surface area (Å²) < 4.78 is 19.0. The molecule has 3 rings (SSSR count). The van der Waals surface area contributed by atoms with E-state index >= 15 is 0 Å². The van der Waals surface area contributed by atoms with Gasteiger partial charge in [0.1, 0.15) is 5.82 Å². The maximum atomic E-state index is 13.7. The first-order valence-electron chi connectivity index (χ1n) is 9.68. The fourth-order valence-electron chi connectivity index (χ4n) is 3.29. The molecule has 1 unspecified atom stereocenters. The van der Waals surface area contributed by atoms with Gasteiger partial charge in [0, 0.05) is 18.9 Å². The summed E-state index contributed by atoms with van der Waals surface area (Å²) in [6.45, 7) is 2.81. The number of nitrogens with one attached hydrogen (secondary N) is 2. The Morgan fingerprint density at radius 2 is 1.90 bits per heavy atom. The molecule has 1 saturated heterocycles. The number of benzene rings is 2. The Labute approximate surface area is 169 Å². The lowest BCUT2D eigenvalue weighted by Gasteiger charge is -2.33. The number of nitrogens with two attached hydrogens (primary N) is 1. The number of hydrogen-bond donors (Lipinski definition) is 3. The van der Waals surface area contributed by atoms with E-state index in [0.29, 0.717) is 37.3 Å². The molecule has 0 aromatic heterocycles. The zero-order valence-electron chi connectivity index (χ0n) is 16.4. The lowest BCUT2D eigenvalue weighted by molar-refractivity contribution is -0.130. The maximum Gasteiger partial charge on any atom is 0.240 e. The van der Waals surface area contributed by atoms with Crippen LogP contribution < -0.4 is 16.4 Å². The van der Waals surface area contributed by atoms with Gasteiger partial charge in [0.25, 0.3) is 0 Å². The van der Waals surface area contributed by atoms with Crippen LogP contribution in [0.15, 0.2) is 48.5 Å². The van der Waals surface area contributed by atoms with E-state index in [2.05, 4.69) is 10.6 Å². The largest absolute Gasteiger partial charge is 0.381 e. The van der Waals surface area contributed by atoms with Crippen LogP contribution in [0.25, 0.3) is 0 Å². The van der Waals surface area contributed by atoms with E-state index < -0.39 is 11.4 Å². The molecular weight excluding hydrogens is 373 g/mol. The van der Waals surface area contributed by atoms with Gasteiger partial charge >= 0.3 is 0 Å². The first kappa shape index (κ1) is 21.0. The van der Waals surface area contributed by atoms with Crippen LogP contribution in [0.1, 0.15) is 36.9 Å². The summed E-state index contributed by atoms with van der Waals surface area (Å²) in [6.07, 6.45) is 0.913. The summed E-state index contributed by atoms with van der Waals surface area (Å²) in [5.74, 6) is -0.925. The van der Waals surface area contributed by atoms with Crippen LogP contribution in [0.2, 0.25) is 0 Å². The number of amides is 2. The van der Waals surface area contributed by atoms with Crippen molar-refractivity contribution in [2.45, 2.75) is 37.8 Å². The molecule has 29 heavy (non-hydrogen) atoms. The fourth-order valence-corrected chi connectivity index (χ4v) is 3.29. The predicted molar refractivity (Wildman–Crippen MR) is 109 cm³/mol. The summed E-state index contributed by atoms with van der Waals surface area (Å²) in [4.78, 5) is 24.9. The quantitative estimate of drug-likeness (QED) is 0.696. The van der Waals surface area contributed by atoms with Gasteiger partial charge in [-0.2, -0.15) is 0 Å². The molecule has 1 atom stereocenters. The van der Waals surface area contributed by atoms with Gasteiger partial charge in [-0.15, -0.1) is 0 Å². The van der Waals surface area contributed by atoms with E-state index in [4.69, 9.17) is 10.5 Å². The molecule has 2 amide bonds. The zero-order chi connectivity index (χ0) is 20.9. The van der Waals surface area contributed by atoms with Crippen molar-refractivity contribution in [2.24, 2.45) is 5.73 Å². The summed E-state index contributed by atoms with van der Waals surface area (Å²) in [5.41, 5.74) is 7.06. The molecule has 154 valence electrons. The second-order valence-corrected chi connectivity index (χ2v) is 7.41. The second-order valence-electron chi connectivity index (χ2n) is 7.41. The van der Waals surface area contributed by atoms with Crippen LogP contribution in [0.3, 0.4) is 0 Å². The number of rotatable bonds is 6. The average Bonchev–Trinajstić information content (AvgIpc) is 2.70. The molecule has 0 radical (unpaired) electrons. The van der Waals surface area contributed by atoms with Gasteiger partial charge in [0.05, 0.1) is 18.0 Å². The summed E-state index contributed by atoms with van der Waals surface area (Å²) >= 11 is 0. The second kappa shape index (κ2) is 9.15. The normalized spacial score (nSPS) is 16.7. The minimum absolute atomic E-state index is 0.0546. The molecule has 1 fully saturated rings. The Kier molecular flexibility index (Phi) is 6.61. The Balaban J connectivity index is 1.62. The summed E-state index contributed by atoms with van der Waals surface area (Å²) in [7, 11) is 0. The van der Waals surface area contributed by atoms with Crippen molar-refractivity contribution in [1.82, 2.24) is 5.32 Å². The highest BCUT2D eigenvalue weighted by Gasteiger charge is 2.36. The molecule has 0 saturated carbocycles. The highest BCUT2D eigenvalue weighted by molar-refractivity contribution is 5.92. The topological polar surface area (TPSA) is 93.5 Å². The number of ether oxygens (including phenoxy) is 1. The van der Waals surface area contributed by atoms with Gasteiger partial charge in [0.15, 0.2) is 0 Å². The smallest absolute Gasteiger partial charge is 0.240 e. The predicted octanol–water partition coefficient (Wildman–Crippen LogP) is 2.69. The van der Waals surface area contributed by atoms with Gasteiger partial charge in [-0.3, -0.25) is 9.59 Å². The molecule has 2 aromatic rings. The SMILES string of the molecule is CC(NC(=O)C1(N)CCOCC1)c1cccc(NC(=O)Cc2ccccc2F)c1. The molecule has 1 aliphatic rings. The van der Waals surface area contributed by atoms with Crippen LogP contribution in [-0.2, 0) is 20.7 Å². The van der Waals surface area contributed by atoms with Gasteiger partial charge in [-0.25, -0.2) is 4.39 Å². The van der Waals surface area contributed by atoms with Crippen LogP contribution in [0.4, 0.5) is 10.1 Å². The molecule has 2 aromatic carbocycles. The lowest BCUT2D eigenvalue weighted by Crippen LogP contribution is -2.57. The van der Waals surface area contributed by atoms with Gasteiger partial charge < -0.3 is 21.1 Å². The molecule has 4 N–H and O–H groups in total. The highest BCUT2D eigenvalue weighted by atomic mass is 19.1. The summed E-state index contributed by atoms with van der Waals surface area (Å²) in [6, 6.07) is 13.1. The number of hydrogen-bond acceptors (Lipinski definition) is 4. The van der Waals surface area contributed by atoms with Gasteiger partial charge in [0.2, 0.25) is 11.8 Å². The minimum Gasteiger partial charge on any atom is -0.381 e. The van der Waals surface area contributed by atoms with Gasteiger partial charge in [-0.05, 0) is 49.1 Å². The Morgan fingerprint density at radius 1 is 1.17 bits per heavy atom. The molecular formula is C22H26FN3O3. The van der Waals surface area contributed by atoms with Crippen LogP contribution in [-0.4, -0.2) is 30.6 Å². The van der Waals surface area contributed by atoms with E-state index in [1.807, 2.05) is 13.0 Å². The van der Waals surface area contributed by atoms with Crippen molar-refractivity contribution in [2.75, 3.05) is 18.5 Å². The third kappa shape index (κ3) is 5.40. The fraction of sp³-hybridized carbons (Fsp3) is 0.364. The van der Waals surface area contributed by atoms with Gasteiger partial charge in [-0.1, -0.05) is 30.3 Å². The molecule has 6 nitrogen and oxygen atoms in total. The Morgan fingerprint density at radius 3 is 2.62 bits per heavy atom. The summed E-state index contributed by atoms with van der Waals surface area (Å²) in [5, 5.41) is 5.73. The third-order valence-electron chi connectivity index (χ3n) is 5.16. The molecule has 1 aliphatic heterocycles. The van der Waals surface area contributed by atoms with Crippen molar-refractivity contribution in [3.63, 3.8) is 0 Å². The van der Waals surface area contributed by atoms with E-state index in [0.717, 1.165) is 5.56 Å². The van der Waals surface area contributed by atoms with Crippen molar-refractivity contribution in [3.8, 4) is 0 Å². The lowest BCUT2D eigenvalue weighted by atomic mass is 9.90. The molecule has 1 heterocycles. The first-order chi connectivity index (χ1) is 13.9. The van der Waals surface area contributed by atoms with Crippen molar-refractivity contribution < 1.29 is 18.7 Å². The van der Waals surface area contributed by atoms with E-state index in [1.165, 1.54) is 6.07 Å². The molecule has 7 heteroatoms. The molecule has 0 aliphatic carbocycles. The zero-order valence-corrected chi connectivity index (χ0v) is 16.4. The third-order valence-corrected chi connectivity index (χ3v) is 5.16. The highest BCUT2D eigenvalue weighted by Crippen LogP contribution is 2.22. The van der Waals surface area contributed by atoms with E-state index in [1.54, 1.807) is 36.4 Å². The first-order valence-corrected chi connectivity index (χ1v) is 9.68. The van der Waals surface area contributed by atoms with Crippen LogP contribution >= 0.6 is 0 Å². The average molecular weight is 399 g/mol. The van der Waals surface area contributed by atoms with Crippen LogP contribution in [0.5, 0.6) is 0 Å². The van der Waals surface area contributed by atoms with Crippen molar-refractivity contribution in [3.05, 3.63) is 65.5 Å².